The number of nitrogens with one attached hydrogen (secondary N) is 1. The molecule has 1 aromatic heterocycles. The molecule has 1 aliphatic carbocycles. The summed E-state index contributed by atoms with van der Waals surface area (Å²) in [5, 5.41) is 5.63. The van der Waals surface area contributed by atoms with Crippen molar-refractivity contribution in [1.29, 1.82) is 0 Å². The van der Waals surface area contributed by atoms with Crippen LogP contribution in [0.1, 0.15) is 35.6 Å². The van der Waals surface area contributed by atoms with Crippen LogP contribution >= 0.6 is 23.7 Å². The third-order valence-corrected chi connectivity index (χ3v) is 6.36. The van der Waals surface area contributed by atoms with Crippen LogP contribution in [0.15, 0.2) is 11.4 Å². The summed E-state index contributed by atoms with van der Waals surface area (Å²) in [6.07, 6.45) is 4.58. The summed E-state index contributed by atoms with van der Waals surface area (Å²) in [4.78, 5) is 16.5. The van der Waals surface area contributed by atoms with E-state index in [-0.39, 0.29) is 18.3 Å². The standard InChI is InChI=1S/C16H22N2OS.ClH/c19-16(14-2-1-3-15-13(14)5-7-20-15)18-6-4-11-8-17-9-12(11)10-18;/h5,7,11-12,14,17H,1-4,6,8-10H2;1H. The Hall–Kier alpha value is -0.580. The first-order chi connectivity index (χ1) is 9.83. The van der Waals surface area contributed by atoms with Gasteiger partial charge < -0.3 is 10.2 Å². The Labute approximate surface area is 136 Å². The van der Waals surface area contributed by atoms with Crippen LogP contribution < -0.4 is 5.32 Å². The average molecular weight is 327 g/mol. The van der Waals surface area contributed by atoms with E-state index in [4.69, 9.17) is 0 Å². The van der Waals surface area contributed by atoms with Gasteiger partial charge in [0.25, 0.3) is 0 Å². The second-order valence-corrected chi connectivity index (χ2v) is 7.50. The average Bonchev–Trinajstić information content (AvgIpc) is 3.13. The number of amides is 1. The lowest BCUT2D eigenvalue weighted by atomic mass is 9.84. The highest BCUT2D eigenvalue weighted by atomic mass is 35.5. The Balaban J connectivity index is 0.00000132. The summed E-state index contributed by atoms with van der Waals surface area (Å²) >= 11 is 1.83. The largest absolute Gasteiger partial charge is 0.342 e. The summed E-state index contributed by atoms with van der Waals surface area (Å²) in [7, 11) is 0. The molecule has 2 aliphatic heterocycles. The van der Waals surface area contributed by atoms with Crippen LogP contribution in [0.25, 0.3) is 0 Å². The molecule has 0 aromatic carbocycles. The summed E-state index contributed by atoms with van der Waals surface area (Å²) in [6.45, 7) is 4.21. The minimum absolute atomic E-state index is 0. The summed E-state index contributed by atoms with van der Waals surface area (Å²) in [5.74, 6) is 2.05. The van der Waals surface area contributed by atoms with E-state index in [0.717, 1.165) is 38.5 Å². The third-order valence-electron chi connectivity index (χ3n) is 5.37. The van der Waals surface area contributed by atoms with Gasteiger partial charge in [0.1, 0.15) is 0 Å². The van der Waals surface area contributed by atoms with E-state index in [0.29, 0.717) is 11.8 Å². The Morgan fingerprint density at radius 3 is 3.05 bits per heavy atom. The van der Waals surface area contributed by atoms with Gasteiger partial charge in [0, 0.05) is 18.0 Å². The molecular formula is C16H23ClN2OS. The van der Waals surface area contributed by atoms with E-state index >= 15 is 0 Å². The molecule has 5 heteroatoms. The molecule has 3 atom stereocenters. The number of hydrogen-bond acceptors (Lipinski definition) is 3. The van der Waals surface area contributed by atoms with Gasteiger partial charge in [0.15, 0.2) is 0 Å². The lowest BCUT2D eigenvalue weighted by Gasteiger charge is -2.37. The predicted molar refractivity (Wildman–Crippen MR) is 88.3 cm³/mol. The van der Waals surface area contributed by atoms with E-state index in [1.165, 1.54) is 29.7 Å². The number of carbonyl (C=O) groups excluding carboxylic acids is 1. The monoisotopic (exact) mass is 326 g/mol. The third kappa shape index (κ3) is 2.73. The molecule has 3 heterocycles. The van der Waals surface area contributed by atoms with Crippen molar-refractivity contribution in [3.05, 3.63) is 21.9 Å². The second-order valence-electron chi connectivity index (χ2n) is 6.50. The SMILES string of the molecule is Cl.O=C(C1CCCc2sccc21)N1CCC2CNCC2C1. The maximum Gasteiger partial charge on any atom is 0.230 e. The lowest BCUT2D eigenvalue weighted by molar-refractivity contribution is -0.135. The van der Waals surface area contributed by atoms with Gasteiger partial charge in [-0.25, -0.2) is 0 Å². The number of halogens is 1. The molecule has 2 saturated heterocycles. The minimum atomic E-state index is 0. The van der Waals surface area contributed by atoms with Crippen molar-refractivity contribution in [2.24, 2.45) is 11.8 Å². The van der Waals surface area contributed by atoms with Crippen LogP contribution in [-0.4, -0.2) is 37.0 Å². The molecule has 2 fully saturated rings. The fraction of sp³-hybridized carbons (Fsp3) is 0.688. The predicted octanol–water partition coefficient (Wildman–Crippen LogP) is 2.66. The summed E-state index contributed by atoms with van der Waals surface area (Å²) < 4.78 is 0. The summed E-state index contributed by atoms with van der Waals surface area (Å²) in [6, 6.07) is 2.19. The van der Waals surface area contributed by atoms with Crippen molar-refractivity contribution in [3.8, 4) is 0 Å². The van der Waals surface area contributed by atoms with E-state index in [1.54, 1.807) is 0 Å². The number of aryl methyl sites for hydroxylation is 1. The first-order valence-electron chi connectivity index (χ1n) is 7.88. The zero-order valence-corrected chi connectivity index (χ0v) is 13.8. The smallest absolute Gasteiger partial charge is 0.230 e. The number of fused-ring (bicyclic) bond motifs is 2. The van der Waals surface area contributed by atoms with Crippen LogP contribution in [0.3, 0.4) is 0 Å². The van der Waals surface area contributed by atoms with Crippen molar-refractivity contribution in [3.63, 3.8) is 0 Å². The highest BCUT2D eigenvalue weighted by Gasteiger charge is 2.37. The van der Waals surface area contributed by atoms with Gasteiger partial charge >= 0.3 is 0 Å². The van der Waals surface area contributed by atoms with Crippen LogP contribution in [-0.2, 0) is 11.2 Å². The topological polar surface area (TPSA) is 32.3 Å². The number of thiophene rings is 1. The Morgan fingerprint density at radius 2 is 2.14 bits per heavy atom. The quantitative estimate of drug-likeness (QED) is 0.860. The molecule has 21 heavy (non-hydrogen) atoms. The summed E-state index contributed by atoms with van der Waals surface area (Å²) in [5.41, 5.74) is 1.33. The molecular weight excluding hydrogens is 304 g/mol. The zero-order chi connectivity index (χ0) is 13.5. The Kier molecular flexibility index (Phi) is 4.57. The second kappa shape index (κ2) is 6.27. The van der Waals surface area contributed by atoms with Crippen LogP contribution in [0.4, 0.5) is 0 Å². The normalized spacial score (nSPS) is 31.2. The maximum atomic E-state index is 12.9. The van der Waals surface area contributed by atoms with Crippen LogP contribution in [0.5, 0.6) is 0 Å². The molecule has 3 nitrogen and oxygen atoms in total. The van der Waals surface area contributed by atoms with Gasteiger partial charge in [-0.3, -0.25) is 4.79 Å². The maximum absolute atomic E-state index is 12.9. The van der Waals surface area contributed by atoms with Crippen molar-refractivity contribution in [2.45, 2.75) is 31.6 Å². The van der Waals surface area contributed by atoms with Crippen molar-refractivity contribution in [1.82, 2.24) is 10.2 Å². The van der Waals surface area contributed by atoms with Gasteiger partial charge in [-0.1, -0.05) is 0 Å². The number of hydrogen-bond donors (Lipinski definition) is 1. The zero-order valence-electron chi connectivity index (χ0n) is 12.2. The number of piperidine rings is 1. The van der Waals surface area contributed by atoms with Crippen LogP contribution in [0, 0.1) is 11.8 Å². The molecule has 0 spiro atoms. The van der Waals surface area contributed by atoms with Gasteiger partial charge in [0.05, 0.1) is 5.92 Å². The molecule has 1 N–H and O–H groups in total. The van der Waals surface area contributed by atoms with Crippen molar-refractivity contribution in [2.75, 3.05) is 26.2 Å². The van der Waals surface area contributed by atoms with Gasteiger partial charge in [0.2, 0.25) is 5.91 Å². The number of nitrogens with zero attached hydrogens (tertiary/aromatic N) is 1. The number of rotatable bonds is 1. The number of carbonyl (C=O) groups is 1. The first kappa shape index (κ1) is 15.3. The molecule has 1 amide bonds. The van der Waals surface area contributed by atoms with E-state index < -0.39 is 0 Å². The fourth-order valence-electron chi connectivity index (χ4n) is 4.20. The van der Waals surface area contributed by atoms with Gasteiger partial charge in [-0.05, 0) is 67.6 Å². The first-order valence-corrected chi connectivity index (χ1v) is 8.76. The highest BCUT2D eigenvalue weighted by molar-refractivity contribution is 7.10. The molecule has 1 aromatic rings. The molecule has 0 radical (unpaired) electrons. The van der Waals surface area contributed by atoms with Gasteiger partial charge in [-0.15, -0.1) is 23.7 Å². The van der Waals surface area contributed by atoms with Gasteiger partial charge in [-0.2, -0.15) is 0 Å². The number of likely N-dealkylation sites (tertiary alicyclic amines) is 1. The van der Waals surface area contributed by atoms with E-state index in [9.17, 15) is 4.79 Å². The van der Waals surface area contributed by atoms with Crippen LogP contribution in [0.2, 0.25) is 0 Å². The van der Waals surface area contributed by atoms with Crippen molar-refractivity contribution < 1.29 is 4.79 Å². The van der Waals surface area contributed by atoms with Crippen molar-refractivity contribution >= 4 is 29.7 Å². The molecule has 0 bridgehead atoms. The fourth-order valence-corrected chi connectivity index (χ4v) is 5.19. The molecule has 4 rings (SSSR count). The lowest BCUT2D eigenvalue weighted by Crippen LogP contribution is -2.45. The van der Waals surface area contributed by atoms with E-state index in [2.05, 4.69) is 21.7 Å². The minimum Gasteiger partial charge on any atom is -0.342 e. The highest BCUT2D eigenvalue weighted by Crippen LogP contribution is 2.37. The van der Waals surface area contributed by atoms with E-state index in [1.807, 2.05) is 11.3 Å². The molecule has 0 saturated carbocycles. The molecule has 3 aliphatic rings. The Morgan fingerprint density at radius 1 is 1.29 bits per heavy atom. The molecule has 3 unspecified atom stereocenters. The molecule has 116 valence electrons. The Bertz CT molecular complexity index is 518.